The topological polar surface area (TPSA) is 66.5 Å². The Morgan fingerprint density at radius 1 is 1.04 bits per heavy atom. The number of carbonyl (C=O) groups excluding carboxylic acids is 1. The van der Waals surface area contributed by atoms with E-state index in [1.54, 1.807) is 18.2 Å². The van der Waals surface area contributed by atoms with Gasteiger partial charge in [-0.15, -0.1) is 0 Å². The smallest absolute Gasteiger partial charge is 0.251 e. The van der Waals surface area contributed by atoms with Crippen molar-refractivity contribution in [1.29, 1.82) is 0 Å². The molecule has 1 saturated heterocycles. The normalized spacial score (nSPS) is 15.3. The summed E-state index contributed by atoms with van der Waals surface area (Å²) in [6, 6.07) is 13.9. The maximum Gasteiger partial charge on any atom is 0.251 e. The molecule has 5 nitrogen and oxygen atoms in total. The summed E-state index contributed by atoms with van der Waals surface area (Å²) in [7, 11) is -3.55. The predicted molar refractivity (Wildman–Crippen MR) is 111 cm³/mol. The summed E-state index contributed by atoms with van der Waals surface area (Å²) in [6.45, 7) is 1.58. The number of nitrogens with zero attached hydrogens (tertiary/aromatic N) is 1. The molecule has 0 spiro atoms. The fourth-order valence-corrected chi connectivity index (χ4v) is 5.13. The number of rotatable bonds is 7. The maximum atomic E-state index is 12.8. The summed E-state index contributed by atoms with van der Waals surface area (Å²) in [5, 5.41) is 3.58. The molecule has 0 radical (unpaired) electrons. The van der Waals surface area contributed by atoms with E-state index in [1.165, 1.54) is 10.4 Å². The molecule has 1 aliphatic rings. The molecule has 1 N–H and O–H groups in total. The van der Waals surface area contributed by atoms with Gasteiger partial charge in [0.15, 0.2) is 0 Å². The monoisotopic (exact) mass is 420 g/mol. The Morgan fingerprint density at radius 2 is 1.79 bits per heavy atom. The summed E-state index contributed by atoms with van der Waals surface area (Å²) < 4.78 is 27.1. The highest BCUT2D eigenvalue weighted by atomic mass is 35.5. The standard InChI is InChI=1S/C21H25ClN2O3S/c22-20-12-3-2-8-17(20)10-7-13-23-21(25)18-9-6-11-19(16-18)28(26,27)24-14-4-1-5-15-24/h2-3,6,8-9,11-12,16H,1,4-5,7,10,13-15H2,(H,23,25). The van der Waals surface area contributed by atoms with E-state index in [4.69, 9.17) is 11.6 Å². The van der Waals surface area contributed by atoms with Gasteiger partial charge in [0.05, 0.1) is 4.90 Å². The van der Waals surface area contributed by atoms with Gasteiger partial charge >= 0.3 is 0 Å². The van der Waals surface area contributed by atoms with Crippen LogP contribution in [0.4, 0.5) is 0 Å². The Hall–Kier alpha value is -1.89. The summed E-state index contributed by atoms with van der Waals surface area (Å²) in [5.74, 6) is -0.269. The van der Waals surface area contributed by atoms with Gasteiger partial charge in [0.25, 0.3) is 5.91 Å². The number of sulfonamides is 1. The highest BCUT2D eigenvalue weighted by molar-refractivity contribution is 7.89. The fraction of sp³-hybridized carbons (Fsp3) is 0.381. The van der Waals surface area contributed by atoms with Crippen molar-refractivity contribution in [2.45, 2.75) is 37.0 Å². The van der Waals surface area contributed by atoms with Gasteiger partial charge in [0.2, 0.25) is 10.0 Å². The lowest BCUT2D eigenvalue weighted by atomic mass is 10.1. The van der Waals surface area contributed by atoms with E-state index in [9.17, 15) is 13.2 Å². The first-order valence-electron chi connectivity index (χ1n) is 9.60. The molecule has 3 rings (SSSR count). The first kappa shape index (κ1) is 20.8. The molecule has 1 aliphatic heterocycles. The minimum atomic E-state index is -3.55. The zero-order chi connectivity index (χ0) is 20.0. The van der Waals surface area contributed by atoms with Crippen molar-refractivity contribution >= 4 is 27.5 Å². The van der Waals surface area contributed by atoms with E-state index in [-0.39, 0.29) is 10.8 Å². The van der Waals surface area contributed by atoms with Crippen molar-refractivity contribution in [2.75, 3.05) is 19.6 Å². The molecule has 0 aliphatic carbocycles. The van der Waals surface area contributed by atoms with Gasteiger partial charge in [-0.1, -0.05) is 42.3 Å². The van der Waals surface area contributed by atoms with E-state index >= 15 is 0 Å². The third-order valence-electron chi connectivity index (χ3n) is 4.92. The Morgan fingerprint density at radius 3 is 2.54 bits per heavy atom. The third-order valence-corrected chi connectivity index (χ3v) is 7.18. The molecule has 28 heavy (non-hydrogen) atoms. The lowest BCUT2D eigenvalue weighted by Gasteiger charge is -2.26. The summed E-state index contributed by atoms with van der Waals surface area (Å²) in [5.41, 5.74) is 1.41. The maximum absolute atomic E-state index is 12.8. The second-order valence-corrected chi connectivity index (χ2v) is 9.29. The van der Waals surface area contributed by atoms with Crippen LogP contribution in [0.5, 0.6) is 0 Å². The highest BCUT2D eigenvalue weighted by Crippen LogP contribution is 2.21. The molecule has 1 amide bonds. The van der Waals surface area contributed by atoms with Crippen LogP contribution in [0.15, 0.2) is 53.4 Å². The molecule has 2 aromatic carbocycles. The van der Waals surface area contributed by atoms with Crippen LogP contribution >= 0.6 is 11.6 Å². The minimum Gasteiger partial charge on any atom is -0.352 e. The van der Waals surface area contributed by atoms with E-state index in [2.05, 4.69) is 5.32 Å². The Kier molecular flexibility index (Phi) is 7.10. The van der Waals surface area contributed by atoms with Gasteiger partial charge in [-0.3, -0.25) is 4.79 Å². The summed E-state index contributed by atoms with van der Waals surface area (Å²) in [4.78, 5) is 12.6. The van der Waals surface area contributed by atoms with E-state index in [0.29, 0.717) is 25.2 Å². The third kappa shape index (κ3) is 5.13. The first-order valence-corrected chi connectivity index (χ1v) is 11.4. The average molecular weight is 421 g/mol. The average Bonchev–Trinajstić information content (AvgIpc) is 2.73. The molecular weight excluding hydrogens is 396 g/mol. The minimum absolute atomic E-state index is 0.179. The van der Waals surface area contributed by atoms with E-state index in [1.807, 2.05) is 24.3 Å². The highest BCUT2D eigenvalue weighted by Gasteiger charge is 2.26. The molecule has 1 heterocycles. The molecule has 0 atom stereocenters. The summed E-state index contributed by atoms with van der Waals surface area (Å²) in [6.07, 6.45) is 4.34. The number of hydrogen-bond donors (Lipinski definition) is 1. The molecule has 1 fully saturated rings. The van der Waals surface area contributed by atoms with Crippen LogP contribution in [0, 0.1) is 0 Å². The first-order chi connectivity index (χ1) is 13.5. The van der Waals surface area contributed by atoms with Crippen molar-refractivity contribution in [3.63, 3.8) is 0 Å². The van der Waals surface area contributed by atoms with Crippen LogP contribution in [-0.4, -0.2) is 38.3 Å². The van der Waals surface area contributed by atoms with Gasteiger partial charge in [-0.2, -0.15) is 4.31 Å². The van der Waals surface area contributed by atoms with Crippen molar-refractivity contribution in [3.8, 4) is 0 Å². The molecule has 2 aromatic rings. The van der Waals surface area contributed by atoms with Crippen molar-refractivity contribution < 1.29 is 13.2 Å². The quantitative estimate of drug-likeness (QED) is 0.691. The lowest BCUT2D eigenvalue weighted by Crippen LogP contribution is -2.35. The van der Waals surface area contributed by atoms with E-state index < -0.39 is 10.0 Å². The SMILES string of the molecule is O=C(NCCCc1ccccc1Cl)c1cccc(S(=O)(=O)N2CCCCC2)c1. The second-order valence-electron chi connectivity index (χ2n) is 6.94. The van der Waals surface area contributed by atoms with Gasteiger partial charge in [-0.05, 0) is 55.5 Å². The zero-order valence-electron chi connectivity index (χ0n) is 15.7. The largest absolute Gasteiger partial charge is 0.352 e. The number of carbonyl (C=O) groups is 1. The molecule has 0 aromatic heterocycles. The Balaban J connectivity index is 1.58. The van der Waals surface area contributed by atoms with E-state index in [0.717, 1.165) is 42.7 Å². The molecule has 150 valence electrons. The Bertz CT molecular complexity index is 925. The number of benzene rings is 2. The van der Waals surface area contributed by atoms with Crippen molar-refractivity contribution in [1.82, 2.24) is 9.62 Å². The number of nitrogens with one attached hydrogen (secondary N) is 1. The Labute approximate surface area is 171 Å². The lowest BCUT2D eigenvalue weighted by molar-refractivity contribution is 0.0953. The molecular formula is C21H25ClN2O3S. The van der Waals surface area contributed by atoms with Crippen LogP contribution in [0.25, 0.3) is 0 Å². The fourth-order valence-electron chi connectivity index (χ4n) is 3.34. The zero-order valence-corrected chi connectivity index (χ0v) is 17.3. The predicted octanol–water partition coefficient (Wildman–Crippen LogP) is 3.88. The number of amides is 1. The van der Waals surface area contributed by atoms with Crippen LogP contribution in [0.1, 0.15) is 41.6 Å². The molecule has 0 unspecified atom stereocenters. The van der Waals surface area contributed by atoms with Gasteiger partial charge in [0, 0.05) is 30.2 Å². The van der Waals surface area contributed by atoms with Gasteiger partial charge in [-0.25, -0.2) is 8.42 Å². The van der Waals surface area contributed by atoms with Crippen LogP contribution in [0.3, 0.4) is 0 Å². The molecule has 0 bridgehead atoms. The van der Waals surface area contributed by atoms with Crippen LogP contribution < -0.4 is 5.32 Å². The number of halogens is 1. The second kappa shape index (κ2) is 9.54. The number of aryl methyl sites for hydroxylation is 1. The number of hydrogen-bond acceptors (Lipinski definition) is 3. The van der Waals surface area contributed by atoms with Gasteiger partial charge < -0.3 is 5.32 Å². The molecule has 7 heteroatoms. The number of piperidine rings is 1. The van der Waals surface area contributed by atoms with Crippen molar-refractivity contribution in [2.24, 2.45) is 0 Å². The molecule has 0 saturated carbocycles. The summed E-state index contributed by atoms with van der Waals surface area (Å²) >= 11 is 6.14. The van der Waals surface area contributed by atoms with Crippen LogP contribution in [0.2, 0.25) is 5.02 Å². The van der Waals surface area contributed by atoms with Crippen LogP contribution in [-0.2, 0) is 16.4 Å². The van der Waals surface area contributed by atoms with Crippen molar-refractivity contribution in [3.05, 3.63) is 64.7 Å². The van der Waals surface area contributed by atoms with Gasteiger partial charge in [0.1, 0.15) is 0 Å².